The minimum Gasteiger partial charge on any atom is -0.493 e. The van der Waals surface area contributed by atoms with Crippen LogP contribution in [0.15, 0.2) is 12.1 Å². The SMILES string of the molecule is CC.CC.Cc1cc(C2CC2)c(OCC2CCC(C)C2)cc1F.O=CN1CCSC1.O=CO. The molecule has 5 nitrogen and oxygen atoms in total. The van der Waals surface area contributed by atoms with Crippen molar-refractivity contribution in [3.63, 3.8) is 0 Å². The van der Waals surface area contributed by atoms with Crippen LogP contribution in [-0.4, -0.2) is 47.7 Å². The Morgan fingerprint density at radius 1 is 1.15 bits per heavy atom. The Kier molecular flexibility index (Phi) is 17.6. The van der Waals surface area contributed by atoms with Crippen molar-refractivity contribution in [3.05, 3.63) is 29.1 Å². The zero-order valence-corrected chi connectivity index (χ0v) is 22.1. The second-order valence-electron chi connectivity index (χ2n) is 8.07. The molecule has 2 unspecified atom stereocenters. The molecule has 1 amide bonds. The Bertz CT molecular complexity index is 664. The summed E-state index contributed by atoms with van der Waals surface area (Å²) in [5.41, 5.74) is 1.97. The molecule has 2 saturated carbocycles. The molecule has 0 bridgehead atoms. The molecule has 0 aromatic heterocycles. The summed E-state index contributed by atoms with van der Waals surface area (Å²) in [5, 5.41) is 6.89. The van der Waals surface area contributed by atoms with Crippen LogP contribution >= 0.6 is 11.8 Å². The summed E-state index contributed by atoms with van der Waals surface area (Å²) in [7, 11) is 0. The summed E-state index contributed by atoms with van der Waals surface area (Å²) >= 11 is 1.80. The summed E-state index contributed by atoms with van der Waals surface area (Å²) in [6.45, 7) is 13.6. The molecule has 7 heteroatoms. The van der Waals surface area contributed by atoms with E-state index in [1.54, 1.807) is 22.7 Å². The smallest absolute Gasteiger partial charge is 0.290 e. The van der Waals surface area contributed by atoms with Crippen molar-refractivity contribution in [3.8, 4) is 5.75 Å². The lowest BCUT2D eigenvalue weighted by atomic mass is 10.1. The first-order chi connectivity index (χ1) is 16.0. The highest BCUT2D eigenvalue weighted by Gasteiger charge is 2.28. The van der Waals surface area contributed by atoms with Crippen molar-refractivity contribution in [2.45, 2.75) is 79.6 Å². The first-order valence-electron chi connectivity index (χ1n) is 12.3. The number of carboxylic acid groups (broad SMARTS) is 1. The van der Waals surface area contributed by atoms with E-state index in [0.717, 1.165) is 48.4 Å². The van der Waals surface area contributed by atoms with Crippen molar-refractivity contribution in [2.75, 3.05) is 24.8 Å². The number of thioether (sulfide) groups is 1. The van der Waals surface area contributed by atoms with Crippen molar-refractivity contribution in [1.82, 2.24) is 4.90 Å². The number of carbonyl (C=O) groups excluding carboxylic acids is 1. The van der Waals surface area contributed by atoms with Gasteiger partial charge in [-0.2, -0.15) is 0 Å². The van der Waals surface area contributed by atoms with E-state index in [1.807, 2.05) is 40.7 Å². The number of benzene rings is 1. The van der Waals surface area contributed by atoms with Gasteiger partial charge >= 0.3 is 0 Å². The molecule has 1 heterocycles. The quantitative estimate of drug-likeness (QED) is 0.468. The Hall–Kier alpha value is -1.76. The molecule has 1 aliphatic heterocycles. The Morgan fingerprint density at radius 3 is 2.21 bits per heavy atom. The van der Waals surface area contributed by atoms with Crippen molar-refractivity contribution in [2.24, 2.45) is 11.8 Å². The summed E-state index contributed by atoms with van der Waals surface area (Å²) in [4.78, 5) is 20.0. The van der Waals surface area contributed by atoms with Crippen molar-refractivity contribution >= 4 is 24.6 Å². The molecule has 1 saturated heterocycles. The van der Waals surface area contributed by atoms with Gasteiger partial charge in [-0.25, -0.2) is 4.39 Å². The zero-order valence-electron chi connectivity index (χ0n) is 21.3. The van der Waals surface area contributed by atoms with Gasteiger partial charge in [0.25, 0.3) is 6.47 Å². The van der Waals surface area contributed by atoms with Crippen LogP contribution in [0.5, 0.6) is 5.75 Å². The van der Waals surface area contributed by atoms with E-state index >= 15 is 0 Å². The lowest BCUT2D eigenvalue weighted by molar-refractivity contribution is -0.123. The average molecular weight is 486 g/mol. The van der Waals surface area contributed by atoms with Crippen LogP contribution in [0.2, 0.25) is 0 Å². The average Bonchev–Trinajstić information content (AvgIpc) is 3.37. The lowest BCUT2D eigenvalue weighted by Gasteiger charge is -2.16. The van der Waals surface area contributed by atoms with Crippen LogP contribution < -0.4 is 4.74 Å². The van der Waals surface area contributed by atoms with E-state index in [2.05, 4.69) is 6.92 Å². The predicted molar refractivity (Wildman–Crippen MR) is 137 cm³/mol. The maximum atomic E-state index is 13.7. The molecule has 2 atom stereocenters. The second kappa shape index (κ2) is 18.6. The fourth-order valence-corrected chi connectivity index (χ4v) is 4.64. The number of hydrogen-bond acceptors (Lipinski definition) is 4. The van der Waals surface area contributed by atoms with Crippen LogP contribution in [-0.2, 0) is 9.59 Å². The monoisotopic (exact) mass is 485 g/mol. The number of hydrogen-bond donors (Lipinski definition) is 1. The molecule has 0 radical (unpaired) electrons. The van der Waals surface area contributed by atoms with Gasteiger partial charge in [0.05, 0.1) is 12.5 Å². The maximum absolute atomic E-state index is 13.7. The van der Waals surface area contributed by atoms with E-state index in [0.29, 0.717) is 11.8 Å². The summed E-state index contributed by atoms with van der Waals surface area (Å²) in [6, 6.07) is 3.58. The number of carbonyl (C=O) groups is 2. The Balaban J connectivity index is 0.000000608. The molecule has 1 aromatic rings. The molecular weight excluding hydrogens is 441 g/mol. The number of rotatable bonds is 5. The van der Waals surface area contributed by atoms with Gasteiger partial charge in [-0.15, -0.1) is 11.8 Å². The zero-order chi connectivity index (χ0) is 25.2. The molecule has 0 spiro atoms. The van der Waals surface area contributed by atoms with E-state index in [9.17, 15) is 9.18 Å². The number of amides is 1. The summed E-state index contributed by atoms with van der Waals surface area (Å²) in [6.07, 6.45) is 7.18. The first-order valence-corrected chi connectivity index (χ1v) is 13.4. The molecule has 3 fully saturated rings. The van der Waals surface area contributed by atoms with Crippen LogP contribution in [0.4, 0.5) is 4.39 Å². The third-order valence-electron chi connectivity index (χ3n) is 5.52. The topological polar surface area (TPSA) is 66.8 Å². The van der Waals surface area contributed by atoms with E-state index < -0.39 is 0 Å². The molecule has 190 valence electrons. The molecular formula is C26H44FNO4S. The predicted octanol–water partition coefficient (Wildman–Crippen LogP) is 6.73. The standard InChI is InChI=1S/C17H23FO.C4H7NOS.2C2H6.CH2O2/c1-11-3-4-13(7-11)10-19-17-9-16(18)12(2)8-15(17)14-5-6-14;6-3-5-1-2-7-4-5;2*1-2;2-1-3/h8-9,11,13-14H,3-7,10H2,1-2H3;3H,1-2,4H2;2*1-2H3;1H,(H,2,3). The van der Waals surface area contributed by atoms with Crippen LogP contribution in [0.3, 0.4) is 0 Å². The number of halogens is 1. The molecule has 4 rings (SSSR count). The number of nitrogens with zero attached hydrogens (tertiary/aromatic N) is 1. The van der Waals surface area contributed by atoms with E-state index in [1.165, 1.54) is 37.7 Å². The minimum atomic E-state index is -0.250. The normalized spacial score (nSPS) is 20.4. The molecule has 33 heavy (non-hydrogen) atoms. The highest BCUT2D eigenvalue weighted by atomic mass is 32.2. The lowest BCUT2D eigenvalue weighted by Crippen LogP contribution is -2.15. The van der Waals surface area contributed by atoms with Gasteiger partial charge in [0.1, 0.15) is 11.6 Å². The highest BCUT2D eigenvalue weighted by molar-refractivity contribution is 7.99. The fourth-order valence-electron chi connectivity index (χ4n) is 3.72. The Labute approximate surface area is 204 Å². The molecule has 3 aliphatic rings. The van der Waals surface area contributed by atoms with Crippen molar-refractivity contribution < 1.29 is 23.8 Å². The minimum absolute atomic E-state index is 0.140. The second-order valence-corrected chi connectivity index (χ2v) is 9.14. The molecule has 1 aromatic carbocycles. The van der Waals surface area contributed by atoms with Gasteiger partial charge in [0.15, 0.2) is 0 Å². The molecule has 1 N–H and O–H groups in total. The van der Waals surface area contributed by atoms with Gasteiger partial charge in [-0.05, 0) is 67.6 Å². The van der Waals surface area contributed by atoms with Gasteiger partial charge < -0.3 is 14.7 Å². The largest absolute Gasteiger partial charge is 0.493 e. The fraction of sp³-hybridized carbons (Fsp3) is 0.692. The van der Waals surface area contributed by atoms with Crippen LogP contribution in [0.1, 0.15) is 83.8 Å². The summed E-state index contributed by atoms with van der Waals surface area (Å²) in [5.74, 6) is 4.75. The third kappa shape index (κ3) is 12.3. The van der Waals surface area contributed by atoms with Gasteiger partial charge in [0, 0.05) is 18.4 Å². The van der Waals surface area contributed by atoms with Gasteiger partial charge in [0.2, 0.25) is 6.41 Å². The van der Waals surface area contributed by atoms with Crippen LogP contribution in [0.25, 0.3) is 0 Å². The van der Waals surface area contributed by atoms with E-state index in [-0.39, 0.29) is 12.3 Å². The highest BCUT2D eigenvalue weighted by Crippen LogP contribution is 2.45. The maximum Gasteiger partial charge on any atom is 0.290 e. The van der Waals surface area contributed by atoms with Gasteiger partial charge in [-0.3, -0.25) is 9.59 Å². The Morgan fingerprint density at radius 2 is 1.79 bits per heavy atom. The third-order valence-corrected chi connectivity index (χ3v) is 6.50. The number of ether oxygens (including phenoxy) is 1. The van der Waals surface area contributed by atoms with Crippen molar-refractivity contribution in [1.29, 1.82) is 0 Å². The molecule has 2 aliphatic carbocycles. The van der Waals surface area contributed by atoms with Crippen LogP contribution in [0, 0.1) is 24.6 Å². The summed E-state index contributed by atoms with van der Waals surface area (Å²) < 4.78 is 19.7. The number of aryl methyl sites for hydroxylation is 1. The van der Waals surface area contributed by atoms with E-state index in [4.69, 9.17) is 14.6 Å². The van der Waals surface area contributed by atoms with Gasteiger partial charge in [-0.1, -0.05) is 41.0 Å². The first kappa shape index (κ1) is 31.2.